The van der Waals surface area contributed by atoms with Gasteiger partial charge in [0, 0.05) is 0 Å². The van der Waals surface area contributed by atoms with Crippen LogP contribution in [0.15, 0.2) is 30.3 Å². The SMILES string of the molecule is O=S1(=O)C2C=C(c3ccccc3C(F)(F)F)CC1CCC2. The number of benzene rings is 1. The highest BCUT2D eigenvalue weighted by Crippen LogP contribution is 2.42. The van der Waals surface area contributed by atoms with E-state index in [1.165, 1.54) is 18.2 Å². The molecule has 0 aliphatic carbocycles. The number of alkyl halides is 3. The fourth-order valence-electron chi connectivity index (χ4n) is 3.27. The molecule has 2 unspecified atom stereocenters. The molecule has 2 bridgehead atoms. The molecule has 0 N–H and O–H groups in total. The smallest absolute Gasteiger partial charge is 0.228 e. The van der Waals surface area contributed by atoms with Crippen LogP contribution in [0.1, 0.15) is 36.8 Å². The normalized spacial score (nSPS) is 28.0. The van der Waals surface area contributed by atoms with Gasteiger partial charge in [-0.3, -0.25) is 0 Å². The van der Waals surface area contributed by atoms with Crippen molar-refractivity contribution in [3.05, 3.63) is 41.5 Å². The molecule has 0 aromatic heterocycles. The predicted octanol–water partition coefficient (Wildman–Crippen LogP) is 3.83. The van der Waals surface area contributed by atoms with Crippen molar-refractivity contribution in [1.29, 1.82) is 0 Å². The van der Waals surface area contributed by atoms with Crippen molar-refractivity contribution in [2.45, 2.75) is 42.4 Å². The van der Waals surface area contributed by atoms with Crippen molar-refractivity contribution < 1.29 is 21.6 Å². The van der Waals surface area contributed by atoms with E-state index in [2.05, 4.69) is 0 Å². The molecule has 1 fully saturated rings. The maximum absolute atomic E-state index is 13.1. The van der Waals surface area contributed by atoms with E-state index in [-0.39, 0.29) is 12.0 Å². The van der Waals surface area contributed by atoms with Crippen molar-refractivity contribution in [2.75, 3.05) is 0 Å². The van der Waals surface area contributed by atoms with Gasteiger partial charge in [0.15, 0.2) is 9.84 Å². The van der Waals surface area contributed by atoms with Gasteiger partial charge in [-0.15, -0.1) is 0 Å². The second kappa shape index (κ2) is 4.87. The van der Waals surface area contributed by atoms with Crippen molar-refractivity contribution in [3.63, 3.8) is 0 Å². The predicted molar refractivity (Wildman–Crippen MR) is 74.4 cm³/mol. The van der Waals surface area contributed by atoms with Gasteiger partial charge in [-0.25, -0.2) is 8.42 Å². The van der Waals surface area contributed by atoms with Crippen LogP contribution >= 0.6 is 0 Å². The Bertz CT molecular complexity index is 689. The molecular weight excluding hydrogens is 301 g/mol. The summed E-state index contributed by atoms with van der Waals surface area (Å²) in [7, 11) is -3.21. The summed E-state index contributed by atoms with van der Waals surface area (Å²) in [5.41, 5.74) is -0.0436. The molecule has 0 radical (unpaired) electrons. The fraction of sp³-hybridized carbons (Fsp3) is 0.467. The number of sulfone groups is 1. The van der Waals surface area contributed by atoms with E-state index in [0.29, 0.717) is 18.4 Å². The molecule has 2 aliphatic rings. The Hall–Kier alpha value is -1.30. The van der Waals surface area contributed by atoms with Gasteiger partial charge in [-0.1, -0.05) is 30.7 Å². The largest absolute Gasteiger partial charge is 0.416 e. The summed E-state index contributed by atoms with van der Waals surface area (Å²) in [6, 6.07) is 5.40. The highest BCUT2D eigenvalue weighted by Gasteiger charge is 2.42. The third-order valence-electron chi connectivity index (χ3n) is 4.31. The van der Waals surface area contributed by atoms with E-state index in [0.717, 1.165) is 12.5 Å². The van der Waals surface area contributed by atoms with Gasteiger partial charge in [0.05, 0.1) is 16.1 Å². The first-order valence-electron chi connectivity index (χ1n) is 6.90. The fourth-order valence-corrected chi connectivity index (χ4v) is 5.52. The van der Waals surface area contributed by atoms with Gasteiger partial charge in [-0.2, -0.15) is 13.2 Å². The zero-order chi connectivity index (χ0) is 15.3. The lowest BCUT2D eigenvalue weighted by atomic mass is 9.90. The third-order valence-corrected chi connectivity index (χ3v) is 6.86. The van der Waals surface area contributed by atoms with Crippen LogP contribution in [0, 0.1) is 0 Å². The number of rotatable bonds is 1. The van der Waals surface area contributed by atoms with Crippen LogP contribution in [-0.4, -0.2) is 18.9 Å². The molecule has 1 aromatic carbocycles. The highest BCUT2D eigenvalue weighted by molar-refractivity contribution is 7.93. The summed E-state index contributed by atoms with van der Waals surface area (Å²) >= 11 is 0. The van der Waals surface area contributed by atoms with E-state index in [1.807, 2.05) is 0 Å². The van der Waals surface area contributed by atoms with Gasteiger partial charge in [-0.05, 0) is 36.5 Å². The van der Waals surface area contributed by atoms with E-state index in [1.54, 1.807) is 6.07 Å². The standard InChI is InChI=1S/C15H15F3O2S/c16-15(17,18)14-7-2-1-6-13(14)10-8-11-4-3-5-12(9-10)21(11,19)20/h1-2,6-8,11-12H,3-5,9H2. The van der Waals surface area contributed by atoms with Gasteiger partial charge < -0.3 is 0 Å². The van der Waals surface area contributed by atoms with Crippen LogP contribution in [0.25, 0.3) is 5.57 Å². The Morgan fingerprint density at radius 2 is 1.81 bits per heavy atom. The summed E-state index contributed by atoms with van der Waals surface area (Å²) < 4.78 is 63.7. The molecule has 3 rings (SSSR count). The third kappa shape index (κ3) is 2.50. The Morgan fingerprint density at radius 1 is 1.10 bits per heavy atom. The lowest BCUT2D eigenvalue weighted by molar-refractivity contribution is -0.137. The van der Waals surface area contributed by atoms with Crippen molar-refractivity contribution in [1.82, 2.24) is 0 Å². The number of hydrogen-bond acceptors (Lipinski definition) is 2. The molecule has 0 amide bonds. The summed E-state index contributed by atoms with van der Waals surface area (Å²) in [5, 5.41) is -1.15. The summed E-state index contributed by atoms with van der Waals surface area (Å²) in [5.74, 6) is 0. The second-order valence-corrected chi connectivity index (χ2v) is 8.07. The van der Waals surface area contributed by atoms with E-state index in [4.69, 9.17) is 0 Å². The van der Waals surface area contributed by atoms with Gasteiger partial charge in [0.25, 0.3) is 0 Å². The van der Waals surface area contributed by atoms with Gasteiger partial charge >= 0.3 is 6.18 Å². The van der Waals surface area contributed by atoms with E-state index >= 15 is 0 Å². The molecule has 1 saturated heterocycles. The lowest BCUT2D eigenvalue weighted by Crippen LogP contribution is -2.38. The molecule has 2 atom stereocenters. The first-order valence-corrected chi connectivity index (χ1v) is 8.51. The van der Waals surface area contributed by atoms with Crippen LogP contribution in [0.3, 0.4) is 0 Å². The summed E-state index contributed by atoms with van der Waals surface area (Å²) in [6.07, 6.45) is -0.829. The minimum Gasteiger partial charge on any atom is -0.228 e. The number of hydrogen-bond donors (Lipinski definition) is 0. The molecule has 1 aromatic rings. The molecule has 114 valence electrons. The van der Waals surface area contributed by atoms with Gasteiger partial charge in [0.1, 0.15) is 0 Å². The minimum absolute atomic E-state index is 0.122. The van der Waals surface area contributed by atoms with Crippen molar-refractivity contribution in [3.8, 4) is 0 Å². The van der Waals surface area contributed by atoms with Crippen LogP contribution in [0.4, 0.5) is 13.2 Å². The molecule has 2 nitrogen and oxygen atoms in total. The average molecular weight is 316 g/mol. The molecule has 0 spiro atoms. The Morgan fingerprint density at radius 3 is 2.48 bits per heavy atom. The second-order valence-electron chi connectivity index (χ2n) is 5.62. The molecule has 2 aliphatic heterocycles. The Labute approximate surface area is 121 Å². The maximum Gasteiger partial charge on any atom is 0.416 e. The molecule has 6 heteroatoms. The summed E-state index contributed by atoms with van der Waals surface area (Å²) in [6.45, 7) is 0. The number of allylic oxidation sites excluding steroid dienone is 1. The zero-order valence-electron chi connectivity index (χ0n) is 11.2. The first-order chi connectivity index (χ1) is 9.80. The van der Waals surface area contributed by atoms with Crippen LogP contribution < -0.4 is 0 Å². The Kier molecular flexibility index (Phi) is 3.39. The van der Waals surface area contributed by atoms with E-state index in [9.17, 15) is 21.6 Å². The summed E-state index contributed by atoms with van der Waals surface area (Å²) in [4.78, 5) is 0. The molecule has 0 saturated carbocycles. The Balaban J connectivity index is 2.09. The molecule has 21 heavy (non-hydrogen) atoms. The quantitative estimate of drug-likeness (QED) is 0.789. The van der Waals surface area contributed by atoms with Crippen LogP contribution in [0.5, 0.6) is 0 Å². The monoisotopic (exact) mass is 316 g/mol. The molecular formula is C15H15F3O2S. The van der Waals surface area contributed by atoms with Crippen LogP contribution in [-0.2, 0) is 16.0 Å². The lowest BCUT2D eigenvalue weighted by Gasteiger charge is -2.34. The zero-order valence-corrected chi connectivity index (χ0v) is 12.0. The molecule has 2 heterocycles. The van der Waals surface area contributed by atoms with Crippen molar-refractivity contribution in [2.24, 2.45) is 0 Å². The minimum atomic E-state index is -4.43. The first kappa shape index (κ1) is 14.6. The van der Waals surface area contributed by atoms with Crippen molar-refractivity contribution >= 4 is 15.4 Å². The maximum atomic E-state index is 13.1. The number of halogens is 3. The number of fused-ring (bicyclic) bond motifs is 2. The average Bonchev–Trinajstić information content (AvgIpc) is 2.36. The van der Waals surface area contributed by atoms with Gasteiger partial charge in [0.2, 0.25) is 0 Å². The highest BCUT2D eigenvalue weighted by atomic mass is 32.2. The topological polar surface area (TPSA) is 34.1 Å². The van der Waals surface area contributed by atoms with Crippen LogP contribution in [0.2, 0.25) is 0 Å². The van der Waals surface area contributed by atoms with E-state index < -0.39 is 32.1 Å².